The molecule has 0 fully saturated rings. The zero-order chi connectivity index (χ0) is 19.3. The zero-order valence-corrected chi connectivity index (χ0v) is 15.8. The number of hydrogen-bond acceptors (Lipinski definition) is 6. The van der Waals surface area contributed by atoms with Crippen LogP contribution in [0.1, 0.15) is 33.3 Å². The summed E-state index contributed by atoms with van der Waals surface area (Å²) in [6.07, 6.45) is -0.574. The molecule has 3 atom stereocenters. The van der Waals surface area contributed by atoms with E-state index in [2.05, 4.69) is 10.3 Å². The fraction of sp³-hybridized carbons (Fsp3) is 0.526. The number of carbonyl (C=O) groups is 2. The average molecular weight is 362 g/mol. The van der Waals surface area contributed by atoms with Crippen molar-refractivity contribution in [2.75, 3.05) is 7.11 Å². The molecular formula is C19H26N2O5. The number of amides is 1. The van der Waals surface area contributed by atoms with Gasteiger partial charge in [-0.1, -0.05) is 30.3 Å². The lowest BCUT2D eigenvalue weighted by molar-refractivity contribution is -0.143. The molecule has 1 amide bonds. The molecule has 0 unspecified atom stereocenters. The second-order valence-electron chi connectivity index (χ2n) is 7.15. The summed E-state index contributed by atoms with van der Waals surface area (Å²) < 4.78 is 15.8. The number of rotatable bonds is 5. The van der Waals surface area contributed by atoms with Crippen LogP contribution in [-0.2, 0) is 25.4 Å². The Bertz CT molecular complexity index is 666. The molecule has 0 aromatic heterocycles. The minimum absolute atomic E-state index is 0.294. The van der Waals surface area contributed by atoms with Gasteiger partial charge in [0.25, 0.3) is 0 Å². The van der Waals surface area contributed by atoms with Crippen LogP contribution in [0.2, 0.25) is 0 Å². The maximum absolute atomic E-state index is 12.2. The summed E-state index contributed by atoms with van der Waals surface area (Å²) in [5.74, 6) is -0.175. The number of benzene rings is 1. The van der Waals surface area contributed by atoms with Crippen molar-refractivity contribution < 1.29 is 23.8 Å². The van der Waals surface area contributed by atoms with Crippen LogP contribution in [0.3, 0.4) is 0 Å². The van der Waals surface area contributed by atoms with E-state index >= 15 is 0 Å². The molecule has 0 saturated heterocycles. The first kappa shape index (κ1) is 19.8. The van der Waals surface area contributed by atoms with Gasteiger partial charge >= 0.3 is 12.1 Å². The fourth-order valence-electron chi connectivity index (χ4n) is 2.56. The second kappa shape index (κ2) is 8.21. The zero-order valence-electron chi connectivity index (χ0n) is 15.8. The monoisotopic (exact) mass is 362 g/mol. The normalized spacial score (nSPS) is 20.6. The summed E-state index contributed by atoms with van der Waals surface area (Å²) in [7, 11) is 1.31. The number of ether oxygens (including phenoxy) is 3. The predicted molar refractivity (Wildman–Crippen MR) is 97.1 cm³/mol. The van der Waals surface area contributed by atoms with Gasteiger partial charge in [-0.15, -0.1) is 0 Å². The van der Waals surface area contributed by atoms with E-state index in [1.807, 2.05) is 30.3 Å². The van der Waals surface area contributed by atoms with E-state index in [0.717, 1.165) is 5.56 Å². The Morgan fingerprint density at radius 3 is 2.50 bits per heavy atom. The van der Waals surface area contributed by atoms with E-state index in [1.54, 1.807) is 27.7 Å². The standard InChI is InChI=1S/C19H26N2O5/c1-12-15(17(22)24-5)21-16(25-12)14(11-13-9-7-6-8-10-13)20-18(23)26-19(2,3)4/h6-10,12,14-15H,11H2,1-5H3,(H,20,23)/t12-,14-,15-/m0/s1. The number of alkyl carbamates (subject to hydrolysis) is 1. The summed E-state index contributed by atoms with van der Waals surface area (Å²) in [6, 6.07) is 8.34. The minimum atomic E-state index is -0.742. The summed E-state index contributed by atoms with van der Waals surface area (Å²) in [6.45, 7) is 7.11. The SMILES string of the molecule is COC(=O)[C@H]1N=C([C@H](Cc2ccccc2)NC(=O)OC(C)(C)C)O[C@H]1C. The Hall–Kier alpha value is -2.57. The Morgan fingerprint density at radius 1 is 1.27 bits per heavy atom. The molecule has 0 spiro atoms. The minimum Gasteiger partial charge on any atom is -0.474 e. The second-order valence-corrected chi connectivity index (χ2v) is 7.15. The van der Waals surface area contributed by atoms with Gasteiger partial charge in [0, 0.05) is 6.42 Å². The number of methoxy groups -OCH3 is 1. The van der Waals surface area contributed by atoms with Crippen LogP contribution in [0.15, 0.2) is 35.3 Å². The van der Waals surface area contributed by atoms with Gasteiger partial charge in [-0.05, 0) is 33.3 Å². The van der Waals surface area contributed by atoms with Crippen molar-refractivity contribution in [3.63, 3.8) is 0 Å². The quantitative estimate of drug-likeness (QED) is 0.813. The molecule has 0 radical (unpaired) electrons. The lowest BCUT2D eigenvalue weighted by Gasteiger charge is -2.24. The van der Waals surface area contributed by atoms with Crippen LogP contribution < -0.4 is 5.32 Å². The number of esters is 1. The van der Waals surface area contributed by atoms with Crippen LogP contribution in [0.25, 0.3) is 0 Å². The number of nitrogens with one attached hydrogen (secondary N) is 1. The maximum Gasteiger partial charge on any atom is 0.408 e. The Morgan fingerprint density at radius 2 is 1.92 bits per heavy atom. The largest absolute Gasteiger partial charge is 0.474 e. The first-order valence-corrected chi connectivity index (χ1v) is 8.55. The average Bonchev–Trinajstić information content (AvgIpc) is 2.94. The van der Waals surface area contributed by atoms with Gasteiger partial charge in [-0.3, -0.25) is 0 Å². The lowest BCUT2D eigenvalue weighted by atomic mass is 10.1. The highest BCUT2D eigenvalue weighted by molar-refractivity contribution is 5.91. The molecule has 1 aliphatic heterocycles. The summed E-state index contributed by atoms with van der Waals surface area (Å²) in [5.41, 5.74) is 0.371. The Kier molecular flexibility index (Phi) is 6.23. The van der Waals surface area contributed by atoms with E-state index in [-0.39, 0.29) is 0 Å². The maximum atomic E-state index is 12.2. The summed E-state index contributed by atoms with van der Waals surface area (Å²) in [4.78, 5) is 28.4. The molecule has 0 bridgehead atoms. The number of carbonyl (C=O) groups excluding carboxylic acids is 2. The van der Waals surface area contributed by atoms with Crippen molar-refractivity contribution in [2.45, 2.75) is 57.9 Å². The predicted octanol–water partition coefficient (Wildman–Crippen LogP) is 2.48. The van der Waals surface area contributed by atoms with Crippen LogP contribution in [0.5, 0.6) is 0 Å². The van der Waals surface area contributed by atoms with Gasteiger partial charge < -0.3 is 19.5 Å². The van der Waals surface area contributed by atoms with Gasteiger partial charge in [-0.2, -0.15) is 0 Å². The molecule has 1 aliphatic rings. The molecule has 26 heavy (non-hydrogen) atoms. The molecule has 0 saturated carbocycles. The number of nitrogens with zero attached hydrogens (tertiary/aromatic N) is 1. The molecule has 1 heterocycles. The lowest BCUT2D eigenvalue weighted by Crippen LogP contribution is -2.45. The van der Waals surface area contributed by atoms with Crippen molar-refractivity contribution in [3.8, 4) is 0 Å². The molecule has 0 aliphatic carbocycles. The number of aliphatic imine (C=N–C) groups is 1. The molecule has 142 valence electrons. The third-order valence-electron chi connectivity index (χ3n) is 3.73. The first-order valence-electron chi connectivity index (χ1n) is 8.55. The molecule has 7 nitrogen and oxygen atoms in total. The number of hydrogen-bond donors (Lipinski definition) is 1. The third kappa shape index (κ3) is 5.47. The summed E-state index contributed by atoms with van der Waals surface area (Å²) in [5, 5.41) is 2.79. The highest BCUT2D eigenvalue weighted by atomic mass is 16.6. The van der Waals surface area contributed by atoms with Crippen molar-refractivity contribution in [1.29, 1.82) is 0 Å². The van der Waals surface area contributed by atoms with E-state index in [1.165, 1.54) is 7.11 Å². The van der Waals surface area contributed by atoms with Crippen LogP contribution in [0.4, 0.5) is 4.79 Å². The van der Waals surface area contributed by atoms with Crippen molar-refractivity contribution in [3.05, 3.63) is 35.9 Å². The van der Waals surface area contributed by atoms with E-state index < -0.39 is 35.9 Å². The topological polar surface area (TPSA) is 86.2 Å². The Labute approximate surface area is 153 Å². The van der Waals surface area contributed by atoms with Crippen molar-refractivity contribution in [2.24, 2.45) is 4.99 Å². The van der Waals surface area contributed by atoms with Crippen LogP contribution in [0, 0.1) is 0 Å². The first-order chi connectivity index (χ1) is 12.2. The highest BCUT2D eigenvalue weighted by Gasteiger charge is 2.37. The smallest absolute Gasteiger partial charge is 0.408 e. The van der Waals surface area contributed by atoms with Gasteiger partial charge in [0.15, 0.2) is 6.04 Å². The molecule has 7 heteroatoms. The van der Waals surface area contributed by atoms with Crippen LogP contribution in [-0.4, -0.2) is 48.9 Å². The van der Waals surface area contributed by atoms with Gasteiger partial charge in [0.05, 0.1) is 7.11 Å². The van der Waals surface area contributed by atoms with Crippen molar-refractivity contribution >= 4 is 18.0 Å². The summed E-state index contributed by atoms with van der Waals surface area (Å²) >= 11 is 0. The molecular weight excluding hydrogens is 336 g/mol. The highest BCUT2D eigenvalue weighted by Crippen LogP contribution is 2.19. The van der Waals surface area contributed by atoms with Crippen molar-refractivity contribution in [1.82, 2.24) is 5.32 Å². The molecule has 1 N–H and O–H groups in total. The fourth-order valence-corrected chi connectivity index (χ4v) is 2.56. The third-order valence-corrected chi connectivity index (χ3v) is 3.73. The van der Waals surface area contributed by atoms with Gasteiger partial charge in [-0.25, -0.2) is 14.6 Å². The van der Waals surface area contributed by atoms with E-state index in [0.29, 0.717) is 12.3 Å². The molecule has 1 aromatic rings. The van der Waals surface area contributed by atoms with E-state index in [9.17, 15) is 9.59 Å². The van der Waals surface area contributed by atoms with Gasteiger partial charge in [0.1, 0.15) is 17.7 Å². The van der Waals surface area contributed by atoms with E-state index in [4.69, 9.17) is 14.2 Å². The molecule has 2 rings (SSSR count). The van der Waals surface area contributed by atoms with Crippen LogP contribution >= 0.6 is 0 Å². The Balaban J connectivity index is 2.20. The molecule has 1 aromatic carbocycles. The van der Waals surface area contributed by atoms with Gasteiger partial charge in [0.2, 0.25) is 5.90 Å².